The van der Waals surface area contributed by atoms with Crippen molar-refractivity contribution < 1.29 is 23.1 Å². The molecule has 0 saturated carbocycles. The van der Waals surface area contributed by atoms with E-state index in [9.17, 15) is 9.18 Å². The number of hydrogen-bond acceptors (Lipinski definition) is 7. The van der Waals surface area contributed by atoms with Gasteiger partial charge in [-0.2, -0.15) is 0 Å². The van der Waals surface area contributed by atoms with E-state index < -0.39 is 0 Å². The van der Waals surface area contributed by atoms with Crippen molar-refractivity contribution in [1.29, 1.82) is 0 Å². The van der Waals surface area contributed by atoms with Crippen LogP contribution in [0.1, 0.15) is 5.76 Å². The second-order valence-electron chi connectivity index (χ2n) is 6.45. The average molecular weight is 459 g/mol. The Morgan fingerprint density at radius 2 is 1.87 bits per heavy atom. The highest BCUT2D eigenvalue weighted by Gasteiger charge is 2.24. The number of hydrogen-bond donors (Lipinski definition) is 0. The third-order valence-corrected chi connectivity index (χ3v) is 6.59. The van der Waals surface area contributed by atoms with E-state index in [4.69, 9.17) is 13.9 Å². The minimum Gasteiger partial charge on any atom is -0.495 e. The maximum atomic E-state index is 13.2. The molecule has 6 nitrogen and oxygen atoms in total. The van der Waals surface area contributed by atoms with E-state index >= 15 is 0 Å². The van der Waals surface area contributed by atoms with Crippen molar-refractivity contribution in [3.63, 3.8) is 0 Å². The zero-order valence-electron chi connectivity index (χ0n) is 16.8. The van der Waals surface area contributed by atoms with Crippen LogP contribution in [-0.2, 0) is 11.3 Å². The number of thiazole rings is 1. The Hall–Kier alpha value is -3.04. The molecular formula is C22H19FN2O4S2. The molecule has 0 spiro atoms. The number of nitrogens with zero attached hydrogens (tertiary/aromatic N) is 2. The van der Waals surface area contributed by atoms with Crippen LogP contribution in [0.2, 0.25) is 0 Å². The van der Waals surface area contributed by atoms with E-state index in [1.807, 2.05) is 12.1 Å². The lowest BCUT2D eigenvalue weighted by atomic mass is 10.3. The summed E-state index contributed by atoms with van der Waals surface area (Å²) in [7, 11) is 3.16. The Kier molecular flexibility index (Phi) is 6.43. The van der Waals surface area contributed by atoms with Crippen molar-refractivity contribution in [2.45, 2.75) is 11.4 Å². The maximum Gasteiger partial charge on any atom is 0.239 e. The number of furan rings is 1. The highest BCUT2D eigenvalue weighted by molar-refractivity contribution is 8.00. The predicted molar refractivity (Wildman–Crippen MR) is 120 cm³/mol. The van der Waals surface area contributed by atoms with Gasteiger partial charge in [-0.05, 0) is 48.5 Å². The summed E-state index contributed by atoms with van der Waals surface area (Å²) < 4.78 is 30.3. The van der Waals surface area contributed by atoms with E-state index in [1.165, 1.54) is 35.2 Å². The molecule has 4 rings (SSSR count). The number of ether oxygens (including phenoxy) is 2. The van der Waals surface area contributed by atoms with Crippen LogP contribution in [0.3, 0.4) is 0 Å². The summed E-state index contributed by atoms with van der Waals surface area (Å²) in [5.41, 5.74) is 0.630. The summed E-state index contributed by atoms with van der Waals surface area (Å²) in [6.45, 7) is 0.236. The molecule has 31 heavy (non-hydrogen) atoms. The van der Waals surface area contributed by atoms with Gasteiger partial charge in [-0.1, -0.05) is 11.3 Å². The number of rotatable bonds is 8. The van der Waals surface area contributed by atoms with Crippen molar-refractivity contribution in [3.05, 3.63) is 66.4 Å². The topological polar surface area (TPSA) is 64.8 Å². The fraction of sp³-hybridized carbons (Fsp3) is 0.182. The molecule has 0 radical (unpaired) electrons. The maximum absolute atomic E-state index is 13.2. The molecule has 9 heteroatoms. The molecule has 2 heterocycles. The van der Waals surface area contributed by atoms with Crippen molar-refractivity contribution in [2.24, 2.45) is 0 Å². The van der Waals surface area contributed by atoms with Gasteiger partial charge in [-0.25, -0.2) is 9.37 Å². The van der Waals surface area contributed by atoms with E-state index in [1.54, 1.807) is 49.6 Å². The Balaban J connectivity index is 1.65. The minimum atomic E-state index is -0.313. The third kappa shape index (κ3) is 4.67. The Labute approximate surface area is 186 Å². The second kappa shape index (κ2) is 9.40. The lowest BCUT2D eigenvalue weighted by molar-refractivity contribution is -0.116. The molecule has 0 N–H and O–H groups in total. The summed E-state index contributed by atoms with van der Waals surface area (Å²) in [6, 6.07) is 13.2. The van der Waals surface area contributed by atoms with Crippen molar-refractivity contribution in [1.82, 2.24) is 4.98 Å². The molecular weight excluding hydrogens is 439 g/mol. The highest BCUT2D eigenvalue weighted by atomic mass is 32.2. The van der Waals surface area contributed by atoms with Gasteiger partial charge in [0.15, 0.2) is 5.13 Å². The number of carbonyl (C=O) groups is 1. The number of aromatic nitrogens is 1. The number of anilines is 1. The van der Waals surface area contributed by atoms with Crippen molar-refractivity contribution >= 4 is 44.4 Å². The molecule has 2 aromatic carbocycles. The molecule has 0 aliphatic heterocycles. The van der Waals surface area contributed by atoms with E-state index in [-0.39, 0.29) is 24.0 Å². The molecule has 2 aromatic heterocycles. The van der Waals surface area contributed by atoms with Crippen LogP contribution < -0.4 is 14.4 Å². The SMILES string of the molecule is COc1ccc(OC)c2sc(N(Cc3ccco3)C(=O)CSc3ccc(F)cc3)nc12. The number of halogens is 1. The largest absolute Gasteiger partial charge is 0.495 e. The van der Waals surface area contributed by atoms with Crippen LogP contribution in [-0.4, -0.2) is 30.9 Å². The lowest BCUT2D eigenvalue weighted by Crippen LogP contribution is -2.31. The van der Waals surface area contributed by atoms with Gasteiger partial charge in [0.2, 0.25) is 5.91 Å². The summed E-state index contributed by atoms with van der Waals surface area (Å²) in [4.78, 5) is 20.3. The fourth-order valence-corrected chi connectivity index (χ4v) is 4.83. The summed E-state index contributed by atoms with van der Waals surface area (Å²) in [6.07, 6.45) is 1.57. The van der Waals surface area contributed by atoms with Crippen LogP contribution in [0.25, 0.3) is 10.2 Å². The number of fused-ring (bicyclic) bond motifs is 1. The molecule has 0 saturated heterocycles. The Morgan fingerprint density at radius 3 is 2.55 bits per heavy atom. The zero-order valence-corrected chi connectivity index (χ0v) is 18.5. The summed E-state index contributed by atoms with van der Waals surface area (Å²) in [5.74, 6) is 1.60. The van der Waals surface area contributed by atoms with Crippen LogP contribution in [0.4, 0.5) is 9.52 Å². The first-order valence-electron chi connectivity index (χ1n) is 9.31. The first kappa shape index (κ1) is 21.2. The van der Waals surface area contributed by atoms with Gasteiger partial charge in [0, 0.05) is 4.90 Å². The number of thioether (sulfide) groups is 1. The first-order chi connectivity index (χ1) is 15.1. The van der Waals surface area contributed by atoms with Gasteiger partial charge in [-0.15, -0.1) is 11.8 Å². The summed E-state index contributed by atoms with van der Waals surface area (Å²) >= 11 is 2.68. The van der Waals surface area contributed by atoms with Crippen LogP contribution in [0.5, 0.6) is 11.5 Å². The monoisotopic (exact) mass is 458 g/mol. The zero-order chi connectivity index (χ0) is 21.8. The number of benzene rings is 2. The molecule has 0 aliphatic carbocycles. The molecule has 1 amide bonds. The average Bonchev–Trinajstić information content (AvgIpc) is 3.46. The lowest BCUT2D eigenvalue weighted by Gasteiger charge is -2.18. The van der Waals surface area contributed by atoms with Gasteiger partial charge in [-0.3, -0.25) is 9.69 Å². The number of methoxy groups -OCH3 is 2. The van der Waals surface area contributed by atoms with E-state index in [0.29, 0.717) is 27.9 Å². The van der Waals surface area contributed by atoms with Gasteiger partial charge in [0.25, 0.3) is 0 Å². The third-order valence-electron chi connectivity index (χ3n) is 4.50. The predicted octanol–water partition coefficient (Wildman–Crippen LogP) is 5.37. The Bertz CT molecular complexity index is 1140. The van der Waals surface area contributed by atoms with Gasteiger partial charge in [0.1, 0.15) is 33.3 Å². The van der Waals surface area contributed by atoms with Crippen LogP contribution >= 0.6 is 23.1 Å². The van der Waals surface area contributed by atoms with Gasteiger partial charge >= 0.3 is 0 Å². The van der Waals surface area contributed by atoms with Crippen LogP contribution in [0, 0.1) is 5.82 Å². The molecule has 0 bridgehead atoms. The molecule has 0 atom stereocenters. The van der Waals surface area contributed by atoms with Gasteiger partial charge < -0.3 is 13.9 Å². The number of carbonyl (C=O) groups excluding carboxylic acids is 1. The molecule has 4 aromatic rings. The standard InChI is InChI=1S/C22H19FN2O4S2/c1-27-17-9-10-18(28-2)21-20(17)24-22(31-21)25(12-15-4-3-11-29-15)19(26)13-30-16-7-5-14(23)6-8-16/h3-11H,12-13H2,1-2H3. The second-order valence-corrected chi connectivity index (χ2v) is 8.47. The van der Waals surface area contributed by atoms with E-state index in [0.717, 1.165) is 9.60 Å². The van der Waals surface area contributed by atoms with Crippen molar-refractivity contribution in [2.75, 3.05) is 24.9 Å². The Morgan fingerprint density at radius 1 is 1.13 bits per heavy atom. The quantitative estimate of drug-likeness (QED) is 0.331. The molecule has 0 unspecified atom stereocenters. The highest BCUT2D eigenvalue weighted by Crippen LogP contribution is 2.40. The van der Waals surface area contributed by atoms with Crippen LogP contribution in [0.15, 0.2) is 64.1 Å². The fourth-order valence-electron chi connectivity index (χ4n) is 2.96. The minimum absolute atomic E-state index is 0.150. The molecule has 0 fully saturated rings. The smallest absolute Gasteiger partial charge is 0.239 e. The molecule has 0 aliphatic rings. The van der Waals surface area contributed by atoms with E-state index in [2.05, 4.69) is 4.98 Å². The van der Waals surface area contributed by atoms with Crippen molar-refractivity contribution in [3.8, 4) is 11.5 Å². The summed E-state index contributed by atoms with van der Waals surface area (Å²) in [5, 5.41) is 0.513. The molecule has 160 valence electrons. The normalized spacial score (nSPS) is 10.9. The first-order valence-corrected chi connectivity index (χ1v) is 11.1. The number of amides is 1. The van der Waals surface area contributed by atoms with Gasteiger partial charge in [0.05, 0.1) is 32.8 Å².